The number of aromatic hydroxyl groups is 1. The Labute approximate surface area is 231 Å². The number of nitrogens with zero attached hydrogens (tertiary/aromatic N) is 2. The molecule has 0 bridgehead atoms. The number of H-pyrrole nitrogens is 1. The first-order valence-electron chi connectivity index (χ1n) is 13.3. The van der Waals surface area contributed by atoms with E-state index in [-0.39, 0.29) is 18.2 Å². The summed E-state index contributed by atoms with van der Waals surface area (Å²) >= 11 is 0. The molecule has 9 nitrogen and oxygen atoms in total. The summed E-state index contributed by atoms with van der Waals surface area (Å²) in [6.45, 7) is 0.0568. The summed E-state index contributed by atoms with van der Waals surface area (Å²) in [5.74, 6) is 2.95. The SMILES string of the molecule is COc1ccc(Cc2[nH]c3ccccc3[n+]2CC(=O)NN=Cc2c(O)ccc3oc4c(c23)CCCC4)cc1OC. The zero-order valence-corrected chi connectivity index (χ0v) is 22.5. The number of aromatic nitrogens is 2. The van der Waals surface area contributed by atoms with Gasteiger partial charge in [0.2, 0.25) is 0 Å². The van der Waals surface area contributed by atoms with Crippen molar-refractivity contribution in [1.82, 2.24) is 10.4 Å². The fourth-order valence-electron chi connectivity index (χ4n) is 5.54. The topological polar surface area (TPSA) is 113 Å². The van der Waals surface area contributed by atoms with Crippen molar-refractivity contribution in [3.8, 4) is 17.2 Å². The van der Waals surface area contributed by atoms with Crippen LogP contribution in [0.15, 0.2) is 64.1 Å². The van der Waals surface area contributed by atoms with Crippen LogP contribution < -0.4 is 19.5 Å². The van der Waals surface area contributed by atoms with E-state index < -0.39 is 0 Å². The fourth-order valence-corrected chi connectivity index (χ4v) is 5.54. The van der Waals surface area contributed by atoms with Crippen LogP contribution in [0.4, 0.5) is 0 Å². The van der Waals surface area contributed by atoms with Crippen LogP contribution in [0.2, 0.25) is 0 Å². The Hall–Kier alpha value is -4.79. The van der Waals surface area contributed by atoms with Gasteiger partial charge in [0, 0.05) is 22.9 Å². The summed E-state index contributed by atoms with van der Waals surface area (Å²) in [6, 6.07) is 17.0. The number of ether oxygens (including phenoxy) is 2. The monoisotopic (exact) mass is 539 g/mol. The summed E-state index contributed by atoms with van der Waals surface area (Å²) in [5.41, 5.74) is 7.88. The summed E-state index contributed by atoms with van der Waals surface area (Å²) in [6.07, 6.45) is 6.03. The Balaban J connectivity index is 1.25. The molecule has 204 valence electrons. The van der Waals surface area contributed by atoms with Gasteiger partial charge in [-0.2, -0.15) is 5.10 Å². The van der Waals surface area contributed by atoms with Crippen molar-refractivity contribution < 1.29 is 28.4 Å². The second kappa shape index (κ2) is 10.8. The molecule has 0 atom stereocenters. The van der Waals surface area contributed by atoms with Crippen LogP contribution >= 0.6 is 0 Å². The molecule has 40 heavy (non-hydrogen) atoms. The molecule has 0 spiro atoms. The minimum absolute atomic E-state index is 0.0568. The number of hydrogen-bond acceptors (Lipinski definition) is 6. The quantitative estimate of drug-likeness (QED) is 0.152. The van der Waals surface area contributed by atoms with Gasteiger partial charge in [-0.15, -0.1) is 0 Å². The maximum Gasteiger partial charge on any atom is 0.282 e. The number of carbonyl (C=O) groups excluding carboxylic acids is 1. The molecule has 0 fully saturated rings. The van der Waals surface area contributed by atoms with Gasteiger partial charge in [0.1, 0.15) is 17.1 Å². The highest BCUT2D eigenvalue weighted by Crippen LogP contribution is 2.36. The Kier molecular flexibility index (Phi) is 6.86. The number of phenols is 1. The lowest BCUT2D eigenvalue weighted by Crippen LogP contribution is -2.44. The lowest BCUT2D eigenvalue weighted by atomic mass is 9.94. The molecule has 1 aliphatic rings. The molecule has 0 radical (unpaired) electrons. The summed E-state index contributed by atoms with van der Waals surface area (Å²) in [4.78, 5) is 16.5. The van der Waals surface area contributed by atoms with E-state index in [0.29, 0.717) is 23.5 Å². The molecule has 3 N–H and O–H groups in total. The maximum absolute atomic E-state index is 13.1. The van der Waals surface area contributed by atoms with Crippen LogP contribution in [-0.2, 0) is 30.6 Å². The minimum atomic E-state index is -0.291. The summed E-state index contributed by atoms with van der Waals surface area (Å²) < 4.78 is 18.8. The number of aromatic amines is 1. The van der Waals surface area contributed by atoms with E-state index in [1.54, 1.807) is 26.4 Å². The first-order chi connectivity index (χ1) is 19.6. The molecule has 0 saturated heterocycles. The number of imidazole rings is 1. The van der Waals surface area contributed by atoms with Gasteiger partial charge in [0.25, 0.3) is 11.7 Å². The third kappa shape index (κ3) is 4.75. The Morgan fingerprint density at radius 3 is 2.77 bits per heavy atom. The van der Waals surface area contributed by atoms with Gasteiger partial charge in [-0.25, -0.2) is 15.0 Å². The number of methoxy groups -OCH3 is 2. The van der Waals surface area contributed by atoms with E-state index in [1.807, 2.05) is 47.0 Å². The molecule has 9 heteroatoms. The Bertz CT molecular complexity index is 1750. The number of aryl methyl sites for hydroxylation is 2. The largest absolute Gasteiger partial charge is 0.507 e. The van der Waals surface area contributed by atoms with Crippen molar-refractivity contribution >= 4 is 34.1 Å². The molecule has 1 aliphatic carbocycles. The molecule has 3 aromatic carbocycles. The number of hydrazone groups is 1. The second-order valence-corrected chi connectivity index (χ2v) is 9.92. The van der Waals surface area contributed by atoms with E-state index in [0.717, 1.165) is 70.4 Å². The zero-order chi connectivity index (χ0) is 27.6. The van der Waals surface area contributed by atoms with Crippen molar-refractivity contribution in [2.24, 2.45) is 5.10 Å². The summed E-state index contributed by atoms with van der Waals surface area (Å²) in [5, 5.41) is 15.7. The highest BCUT2D eigenvalue weighted by molar-refractivity contribution is 6.03. The van der Waals surface area contributed by atoms with Gasteiger partial charge in [0.05, 0.1) is 26.9 Å². The zero-order valence-electron chi connectivity index (χ0n) is 22.5. The van der Waals surface area contributed by atoms with Gasteiger partial charge in [0.15, 0.2) is 29.1 Å². The van der Waals surface area contributed by atoms with Gasteiger partial charge in [-0.3, -0.25) is 4.79 Å². The molecule has 0 aliphatic heterocycles. The van der Waals surface area contributed by atoms with Crippen molar-refractivity contribution in [3.63, 3.8) is 0 Å². The number of hydrogen-bond donors (Lipinski definition) is 3. The van der Waals surface area contributed by atoms with E-state index in [2.05, 4.69) is 15.5 Å². The third-order valence-corrected chi connectivity index (χ3v) is 7.44. The molecule has 5 aromatic rings. The first-order valence-corrected chi connectivity index (χ1v) is 13.3. The predicted molar refractivity (Wildman–Crippen MR) is 151 cm³/mol. The number of phenolic OH excluding ortho intramolecular Hbond substituents is 1. The molecule has 6 rings (SSSR count). The lowest BCUT2D eigenvalue weighted by molar-refractivity contribution is -0.665. The molecule has 0 saturated carbocycles. The van der Waals surface area contributed by atoms with Crippen LogP contribution in [0.5, 0.6) is 17.2 Å². The molecular formula is C31H31N4O5+. The maximum atomic E-state index is 13.1. The van der Waals surface area contributed by atoms with Crippen molar-refractivity contribution in [2.45, 2.75) is 38.6 Å². The Morgan fingerprint density at radius 2 is 1.93 bits per heavy atom. The molecule has 2 aromatic heterocycles. The average molecular weight is 540 g/mol. The fraction of sp³-hybridized carbons (Fsp3) is 0.258. The van der Waals surface area contributed by atoms with Crippen LogP contribution in [0, 0.1) is 0 Å². The van der Waals surface area contributed by atoms with E-state index in [4.69, 9.17) is 13.9 Å². The summed E-state index contributed by atoms with van der Waals surface area (Å²) in [7, 11) is 3.21. The molecule has 0 unspecified atom stereocenters. The molecule has 2 heterocycles. The number of furan rings is 1. The highest BCUT2D eigenvalue weighted by atomic mass is 16.5. The van der Waals surface area contributed by atoms with Gasteiger partial charge in [-0.1, -0.05) is 18.2 Å². The van der Waals surface area contributed by atoms with Crippen LogP contribution in [0.1, 0.15) is 41.1 Å². The highest BCUT2D eigenvalue weighted by Gasteiger charge is 2.23. The number of carbonyl (C=O) groups is 1. The molecular weight excluding hydrogens is 508 g/mol. The predicted octanol–water partition coefficient (Wildman–Crippen LogP) is 4.54. The normalized spacial score (nSPS) is 13.2. The minimum Gasteiger partial charge on any atom is -0.507 e. The van der Waals surface area contributed by atoms with Crippen LogP contribution in [0.3, 0.4) is 0 Å². The second-order valence-electron chi connectivity index (χ2n) is 9.92. The van der Waals surface area contributed by atoms with Crippen LogP contribution in [0.25, 0.3) is 22.0 Å². The van der Waals surface area contributed by atoms with E-state index in [1.165, 1.54) is 6.21 Å². The van der Waals surface area contributed by atoms with Crippen molar-refractivity contribution in [2.75, 3.05) is 14.2 Å². The third-order valence-electron chi connectivity index (χ3n) is 7.44. The number of rotatable bonds is 8. The average Bonchev–Trinajstić information content (AvgIpc) is 3.52. The van der Waals surface area contributed by atoms with Gasteiger partial charge in [-0.05, 0) is 61.2 Å². The smallest absolute Gasteiger partial charge is 0.282 e. The molecule has 1 amide bonds. The number of fused-ring (bicyclic) bond motifs is 4. The van der Waals surface area contributed by atoms with E-state index >= 15 is 0 Å². The van der Waals surface area contributed by atoms with E-state index in [9.17, 15) is 9.90 Å². The Morgan fingerprint density at radius 1 is 1.10 bits per heavy atom. The van der Waals surface area contributed by atoms with Crippen molar-refractivity contribution in [3.05, 3.63) is 82.9 Å². The first kappa shape index (κ1) is 25.5. The van der Waals surface area contributed by atoms with Gasteiger partial charge < -0.3 is 19.0 Å². The number of benzene rings is 3. The number of amides is 1. The van der Waals surface area contributed by atoms with Crippen molar-refractivity contribution in [1.29, 1.82) is 0 Å². The van der Waals surface area contributed by atoms with Crippen LogP contribution in [-0.4, -0.2) is 36.4 Å². The number of para-hydroxylation sites is 2. The number of nitrogens with one attached hydrogen (secondary N) is 2. The van der Waals surface area contributed by atoms with Gasteiger partial charge >= 0.3 is 0 Å². The lowest BCUT2D eigenvalue weighted by Gasteiger charge is -2.10. The standard InChI is InChI=1S/C31H30N4O5/c1-38-26-13-11-19(15-28(26)39-2)16-29-33-22-8-4-5-9-23(22)35(29)18-30(37)34-32-17-21-24(36)12-14-27-31(21)20-7-3-6-10-25(20)40-27/h4-5,8-9,11-15,17H,3,6-7,10,16,18H2,1-2H3,(H2,32,34,36,37)/p+1.